The maximum absolute atomic E-state index is 11.5. The summed E-state index contributed by atoms with van der Waals surface area (Å²) in [6.45, 7) is 3.20. The van der Waals surface area contributed by atoms with E-state index in [1.165, 1.54) is 21.9 Å². The zero-order valence-corrected chi connectivity index (χ0v) is 16.9. The number of aryl methyl sites for hydroxylation is 2. The van der Waals surface area contributed by atoms with Gasteiger partial charge in [-0.15, -0.1) is 0 Å². The molecule has 0 atom stereocenters. The van der Waals surface area contributed by atoms with Gasteiger partial charge in [0.2, 0.25) is 0 Å². The maximum atomic E-state index is 11.5. The van der Waals surface area contributed by atoms with Gasteiger partial charge in [0.15, 0.2) is 11.6 Å². The zero-order chi connectivity index (χ0) is 20.4. The van der Waals surface area contributed by atoms with Crippen molar-refractivity contribution in [3.05, 3.63) is 95.1 Å². The average Bonchev–Trinajstić information content (AvgIpc) is 2.72. The molecule has 0 radical (unpaired) electrons. The second-order valence-electron chi connectivity index (χ2n) is 7.76. The fraction of sp³-hybridized carbons (Fsp3) is 0.185. The lowest BCUT2D eigenvalue weighted by molar-refractivity contribution is 0.100. The molecule has 0 unspecified atom stereocenters. The summed E-state index contributed by atoms with van der Waals surface area (Å²) in [4.78, 5) is 23.1. The van der Waals surface area contributed by atoms with Crippen molar-refractivity contribution in [2.75, 3.05) is 0 Å². The molecule has 0 amide bonds. The maximum Gasteiger partial charge on any atom is 0.159 e. The van der Waals surface area contributed by atoms with Crippen LogP contribution in [0.2, 0.25) is 0 Å². The lowest BCUT2D eigenvalue weighted by atomic mass is 9.98. The Balaban J connectivity index is 1.44. The summed E-state index contributed by atoms with van der Waals surface area (Å²) in [6, 6.07) is 24.8. The van der Waals surface area contributed by atoms with E-state index in [2.05, 4.69) is 36.4 Å². The molecule has 144 valence electrons. The average molecular weight is 380 g/mol. The van der Waals surface area contributed by atoms with Crippen molar-refractivity contribution >= 4 is 33.1 Å². The standard InChI is InChI=1S/C27H24O2/c1-18(28)22-10-12-24-14-20(6-8-26(24)16-22)4-3-5-21-7-9-27-17-23(19(2)29)11-13-25(27)15-21/h6-17H,3-5H2,1-2H3. The first-order valence-corrected chi connectivity index (χ1v) is 10.1. The Bertz CT molecular complexity index is 1140. The second-order valence-corrected chi connectivity index (χ2v) is 7.76. The van der Waals surface area contributed by atoms with Gasteiger partial charge in [-0.3, -0.25) is 9.59 Å². The quantitative estimate of drug-likeness (QED) is 0.354. The first-order chi connectivity index (χ1) is 14.0. The van der Waals surface area contributed by atoms with Crippen molar-refractivity contribution in [1.29, 1.82) is 0 Å². The van der Waals surface area contributed by atoms with Crippen molar-refractivity contribution in [3.63, 3.8) is 0 Å². The Morgan fingerprint density at radius 2 is 0.931 bits per heavy atom. The van der Waals surface area contributed by atoms with Gasteiger partial charge >= 0.3 is 0 Å². The minimum atomic E-state index is 0.101. The molecule has 2 nitrogen and oxygen atoms in total. The van der Waals surface area contributed by atoms with E-state index in [1.54, 1.807) is 13.8 Å². The highest BCUT2D eigenvalue weighted by molar-refractivity contribution is 5.99. The van der Waals surface area contributed by atoms with E-state index in [-0.39, 0.29) is 11.6 Å². The zero-order valence-electron chi connectivity index (χ0n) is 16.9. The first-order valence-electron chi connectivity index (χ1n) is 10.1. The SMILES string of the molecule is CC(=O)c1ccc2cc(CCCc3ccc4cc(C(C)=O)ccc4c3)ccc2c1. The first kappa shape index (κ1) is 19.1. The smallest absolute Gasteiger partial charge is 0.159 e. The minimum Gasteiger partial charge on any atom is -0.295 e. The molecular weight excluding hydrogens is 356 g/mol. The third-order valence-electron chi connectivity index (χ3n) is 5.55. The van der Waals surface area contributed by atoms with Crippen LogP contribution in [-0.4, -0.2) is 11.6 Å². The number of benzene rings is 4. The van der Waals surface area contributed by atoms with Crippen LogP contribution in [0.25, 0.3) is 21.5 Å². The van der Waals surface area contributed by atoms with E-state index in [4.69, 9.17) is 0 Å². The molecule has 0 aliphatic rings. The van der Waals surface area contributed by atoms with E-state index in [0.29, 0.717) is 0 Å². The van der Waals surface area contributed by atoms with E-state index in [0.717, 1.165) is 41.2 Å². The normalized spacial score (nSPS) is 11.1. The number of carbonyl (C=O) groups excluding carboxylic acids is 2. The van der Waals surface area contributed by atoms with E-state index < -0.39 is 0 Å². The molecule has 0 heterocycles. The number of hydrogen-bond donors (Lipinski definition) is 0. The highest BCUT2D eigenvalue weighted by Gasteiger charge is 2.04. The van der Waals surface area contributed by atoms with Crippen molar-refractivity contribution in [3.8, 4) is 0 Å². The lowest BCUT2D eigenvalue weighted by Crippen LogP contribution is -1.93. The summed E-state index contributed by atoms with van der Waals surface area (Å²) in [5.41, 5.74) is 4.16. The summed E-state index contributed by atoms with van der Waals surface area (Å²) in [5.74, 6) is 0.202. The monoisotopic (exact) mass is 380 g/mol. The van der Waals surface area contributed by atoms with Crippen molar-refractivity contribution in [2.45, 2.75) is 33.1 Å². The molecular formula is C27H24O2. The Hall–Kier alpha value is -3.26. The Morgan fingerprint density at radius 1 is 0.552 bits per heavy atom. The summed E-state index contributed by atoms with van der Waals surface area (Å²) in [7, 11) is 0. The summed E-state index contributed by atoms with van der Waals surface area (Å²) in [6.07, 6.45) is 3.12. The van der Waals surface area contributed by atoms with Gasteiger partial charge in [-0.2, -0.15) is 0 Å². The third kappa shape index (κ3) is 4.27. The van der Waals surface area contributed by atoms with Gasteiger partial charge in [-0.05, 0) is 77.9 Å². The Labute approximate surface area is 171 Å². The van der Waals surface area contributed by atoms with Crippen LogP contribution in [0.3, 0.4) is 0 Å². The van der Waals surface area contributed by atoms with Gasteiger partial charge in [0.1, 0.15) is 0 Å². The second kappa shape index (κ2) is 8.00. The molecule has 2 heteroatoms. The molecule has 0 aromatic heterocycles. The van der Waals surface area contributed by atoms with Crippen LogP contribution < -0.4 is 0 Å². The molecule has 4 rings (SSSR count). The molecule has 0 spiro atoms. The van der Waals surface area contributed by atoms with Crippen LogP contribution >= 0.6 is 0 Å². The van der Waals surface area contributed by atoms with E-state index in [9.17, 15) is 9.59 Å². The number of ketones is 2. The van der Waals surface area contributed by atoms with Gasteiger partial charge in [0.05, 0.1) is 0 Å². The van der Waals surface area contributed by atoms with Gasteiger partial charge in [-0.25, -0.2) is 0 Å². The number of Topliss-reactive ketones (excluding diaryl/α,β-unsaturated/α-hetero) is 2. The molecule has 0 saturated heterocycles. The third-order valence-corrected chi connectivity index (χ3v) is 5.55. The predicted octanol–water partition coefficient (Wildman–Crippen LogP) is 6.57. The van der Waals surface area contributed by atoms with Crippen LogP contribution in [0.5, 0.6) is 0 Å². The van der Waals surface area contributed by atoms with Gasteiger partial charge in [0, 0.05) is 11.1 Å². The number of hydrogen-bond acceptors (Lipinski definition) is 2. The molecule has 0 aliphatic carbocycles. The topological polar surface area (TPSA) is 34.1 Å². The van der Waals surface area contributed by atoms with E-state index in [1.807, 2.05) is 36.4 Å². The van der Waals surface area contributed by atoms with Crippen LogP contribution in [-0.2, 0) is 12.8 Å². The Kier molecular flexibility index (Phi) is 5.26. The van der Waals surface area contributed by atoms with E-state index >= 15 is 0 Å². The van der Waals surface area contributed by atoms with Crippen LogP contribution in [0, 0.1) is 0 Å². The van der Waals surface area contributed by atoms with Crippen molar-refractivity contribution < 1.29 is 9.59 Å². The Morgan fingerprint density at radius 3 is 1.34 bits per heavy atom. The highest BCUT2D eigenvalue weighted by Crippen LogP contribution is 2.22. The fourth-order valence-corrected chi connectivity index (χ4v) is 3.84. The van der Waals surface area contributed by atoms with Gasteiger partial charge < -0.3 is 0 Å². The number of rotatable bonds is 6. The van der Waals surface area contributed by atoms with Crippen LogP contribution in [0.4, 0.5) is 0 Å². The number of carbonyl (C=O) groups is 2. The highest BCUT2D eigenvalue weighted by atomic mass is 16.1. The van der Waals surface area contributed by atoms with Crippen molar-refractivity contribution in [1.82, 2.24) is 0 Å². The van der Waals surface area contributed by atoms with Crippen LogP contribution in [0.15, 0.2) is 72.8 Å². The molecule has 4 aromatic carbocycles. The minimum absolute atomic E-state index is 0.101. The molecule has 0 saturated carbocycles. The van der Waals surface area contributed by atoms with Gasteiger partial charge in [0.25, 0.3) is 0 Å². The summed E-state index contributed by atoms with van der Waals surface area (Å²) in [5, 5.41) is 4.58. The summed E-state index contributed by atoms with van der Waals surface area (Å²) >= 11 is 0. The molecule has 4 aromatic rings. The molecule has 0 aliphatic heterocycles. The molecule has 0 bridgehead atoms. The van der Waals surface area contributed by atoms with Crippen molar-refractivity contribution in [2.24, 2.45) is 0 Å². The molecule has 29 heavy (non-hydrogen) atoms. The predicted molar refractivity (Wildman–Crippen MR) is 120 cm³/mol. The number of fused-ring (bicyclic) bond motifs is 2. The molecule has 0 N–H and O–H groups in total. The van der Waals surface area contributed by atoms with Crippen LogP contribution in [0.1, 0.15) is 52.1 Å². The van der Waals surface area contributed by atoms with Gasteiger partial charge in [-0.1, -0.05) is 60.7 Å². The lowest BCUT2D eigenvalue weighted by Gasteiger charge is -2.07. The summed E-state index contributed by atoms with van der Waals surface area (Å²) < 4.78 is 0. The fourth-order valence-electron chi connectivity index (χ4n) is 3.84. The largest absolute Gasteiger partial charge is 0.295 e. The molecule has 0 fully saturated rings.